The molecule has 0 saturated carbocycles. The molecule has 0 unspecified atom stereocenters. The first-order valence-electron chi connectivity index (χ1n) is 16.1. The summed E-state index contributed by atoms with van der Waals surface area (Å²) in [6, 6.07) is 32.0. The molecule has 252 valence electrons. The minimum atomic E-state index is -4.43. The number of fused-ring (bicyclic) bond motifs is 1. The molecule has 1 saturated heterocycles. The molecule has 0 atom stereocenters. The van der Waals surface area contributed by atoms with Crippen LogP contribution in [0.15, 0.2) is 109 Å². The molecule has 0 spiro atoms. The Hall–Kier alpha value is -4.71. The number of benzene rings is 4. The molecule has 49 heavy (non-hydrogen) atoms. The van der Waals surface area contributed by atoms with Gasteiger partial charge in [-0.1, -0.05) is 84.9 Å². The van der Waals surface area contributed by atoms with Gasteiger partial charge in [0.1, 0.15) is 10.7 Å². The van der Waals surface area contributed by atoms with Crippen LogP contribution in [-0.4, -0.2) is 58.6 Å². The minimum Gasteiger partial charge on any atom is -0.454 e. The largest absolute Gasteiger partial charge is 0.454 e. The van der Waals surface area contributed by atoms with E-state index in [9.17, 15) is 18.0 Å². The lowest BCUT2D eigenvalue weighted by Gasteiger charge is -2.39. The van der Waals surface area contributed by atoms with Crippen LogP contribution in [0.1, 0.15) is 49.4 Å². The van der Waals surface area contributed by atoms with Gasteiger partial charge in [-0.2, -0.15) is 13.2 Å². The molecule has 5 aromatic rings. The van der Waals surface area contributed by atoms with Crippen molar-refractivity contribution in [3.8, 4) is 11.5 Å². The second kappa shape index (κ2) is 14.4. The Labute approximate surface area is 287 Å². The lowest BCUT2D eigenvalue weighted by molar-refractivity contribution is -0.137. The van der Waals surface area contributed by atoms with Gasteiger partial charge in [-0.25, -0.2) is 4.98 Å². The van der Waals surface area contributed by atoms with Crippen LogP contribution in [0.4, 0.5) is 13.2 Å². The number of piperazine rings is 1. The molecule has 0 N–H and O–H groups in total. The van der Waals surface area contributed by atoms with E-state index in [-0.39, 0.29) is 25.3 Å². The average Bonchev–Trinajstić information content (AvgIpc) is 3.79. The summed E-state index contributed by atoms with van der Waals surface area (Å²) < 4.78 is 51.4. The average molecular weight is 685 g/mol. The van der Waals surface area contributed by atoms with Gasteiger partial charge in [-0.3, -0.25) is 14.6 Å². The van der Waals surface area contributed by atoms with Crippen molar-refractivity contribution in [1.82, 2.24) is 19.7 Å². The molecule has 0 bridgehead atoms. The lowest BCUT2D eigenvalue weighted by Crippen LogP contribution is -2.50. The van der Waals surface area contributed by atoms with Crippen LogP contribution in [0.3, 0.4) is 0 Å². The Morgan fingerprint density at radius 1 is 0.776 bits per heavy atom. The molecule has 2 aliphatic rings. The van der Waals surface area contributed by atoms with E-state index in [1.165, 1.54) is 34.6 Å². The fraction of sp³-hybridized carbons (Fsp3) is 0.263. The highest BCUT2D eigenvalue weighted by Gasteiger charge is 2.31. The second-order valence-electron chi connectivity index (χ2n) is 12.2. The first-order chi connectivity index (χ1) is 23.8. The number of amides is 1. The Bertz CT molecular complexity index is 1840. The number of nitrogens with zero attached hydrogens (tertiary/aromatic N) is 4. The molecule has 2 aliphatic heterocycles. The molecule has 0 radical (unpaired) electrons. The molecule has 4 aromatic carbocycles. The fourth-order valence-corrected chi connectivity index (χ4v) is 7.28. The van der Waals surface area contributed by atoms with Gasteiger partial charge in [-0.05, 0) is 40.5 Å². The second-order valence-corrected chi connectivity index (χ2v) is 13.2. The van der Waals surface area contributed by atoms with Crippen LogP contribution in [0.5, 0.6) is 11.5 Å². The number of thiazole rings is 1. The molecule has 1 fully saturated rings. The first-order valence-corrected chi connectivity index (χ1v) is 17.0. The van der Waals surface area contributed by atoms with E-state index in [1.807, 2.05) is 40.1 Å². The summed E-state index contributed by atoms with van der Waals surface area (Å²) in [6.45, 7) is 3.79. The highest BCUT2D eigenvalue weighted by atomic mass is 32.1. The van der Waals surface area contributed by atoms with Gasteiger partial charge in [0.25, 0.3) is 5.91 Å². The van der Waals surface area contributed by atoms with Crippen LogP contribution < -0.4 is 9.47 Å². The Kier molecular flexibility index (Phi) is 9.65. The topological polar surface area (TPSA) is 58.1 Å². The Morgan fingerprint density at radius 2 is 1.43 bits per heavy atom. The summed E-state index contributed by atoms with van der Waals surface area (Å²) in [5.41, 5.74) is 3.59. The predicted molar refractivity (Wildman–Crippen MR) is 181 cm³/mol. The van der Waals surface area contributed by atoms with Gasteiger partial charge < -0.3 is 14.4 Å². The molecule has 3 heterocycles. The molecule has 7 rings (SSSR count). The number of carbonyl (C=O) groups is 1. The van der Waals surface area contributed by atoms with Gasteiger partial charge in [0.05, 0.1) is 18.2 Å². The van der Waals surface area contributed by atoms with Crippen molar-refractivity contribution >= 4 is 17.2 Å². The highest BCUT2D eigenvalue weighted by molar-refractivity contribution is 7.09. The zero-order chi connectivity index (χ0) is 33.8. The van der Waals surface area contributed by atoms with E-state index in [2.05, 4.69) is 53.4 Å². The third kappa shape index (κ3) is 7.80. The van der Waals surface area contributed by atoms with Gasteiger partial charge >= 0.3 is 6.18 Å². The normalized spacial score (nSPS) is 14.9. The smallest absolute Gasteiger partial charge is 0.416 e. The summed E-state index contributed by atoms with van der Waals surface area (Å²) in [7, 11) is 0. The standard InChI is InChI=1S/C38H35F3N4O3S/c39-38(40,41)31-13-7-8-27(20-31)22-43(23-28-14-15-33-34(21-28)48-26-47-33)24-35-42-32(25-49-35)37(46)45-18-16-44(17-19-45)36(29-9-3-1-4-10-29)30-11-5-2-6-12-30/h1-15,20-21,25,36H,16-19,22-24,26H2. The number of aromatic nitrogens is 1. The van der Waals surface area contributed by atoms with E-state index >= 15 is 0 Å². The number of carbonyl (C=O) groups excluding carboxylic acids is 1. The first kappa shape index (κ1) is 32.8. The fourth-order valence-electron chi connectivity index (χ4n) is 6.47. The van der Waals surface area contributed by atoms with E-state index in [0.29, 0.717) is 53.9 Å². The molecule has 0 aliphatic carbocycles. The van der Waals surface area contributed by atoms with E-state index in [0.717, 1.165) is 24.7 Å². The summed E-state index contributed by atoms with van der Waals surface area (Å²) in [5.74, 6) is 1.18. The van der Waals surface area contributed by atoms with Crippen molar-refractivity contribution in [3.05, 3.63) is 147 Å². The minimum absolute atomic E-state index is 0.0955. The lowest BCUT2D eigenvalue weighted by atomic mass is 9.96. The zero-order valence-corrected chi connectivity index (χ0v) is 27.5. The monoisotopic (exact) mass is 684 g/mol. The summed E-state index contributed by atoms with van der Waals surface area (Å²) in [6.07, 6.45) is -4.43. The quantitative estimate of drug-likeness (QED) is 0.151. The van der Waals surface area contributed by atoms with Crippen LogP contribution in [0.25, 0.3) is 0 Å². The number of alkyl halides is 3. The number of ether oxygens (including phenoxy) is 2. The Balaban J connectivity index is 1.04. The van der Waals surface area contributed by atoms with Crippen LogP contribution in [0.2, 0.25) is 0 Å². The van der Waals surface area contributed by atoms with Crippen LogP contribution in [-0.2, 0) is 25.8 Å². The zero-order valence-electron chi connectivity index (χ0n) is 26.7. The van der Waals surface area contributed by atoms with Gasteiger partial charge in [0.2, 0.25) is 6.79 Å². The van der Waals surface area contributed by atoms with Crippen LogP contribution >= 0.6 is 11.3 Å². The summed E-state index contributed by atoms with van der Waals surface area (Å²) in [4.78, 5) is 24.7. The van der Waals surface area contributed by atoms with Gasteiger partial charge in [0, 0.05) is 44.6 Å². The number of hydrogen-bond donors (Lipinski definition) is 0. The van der Waals surface area contributed by atoms with Crippen molar-refractivity contribution in [3.63, 3.8) is 0 Å². The highest BCUT2D eigenvalue weighted by Crippen LogP contribution is 2.34. The third-order valence-electron chi connectivity index (χ3n) is 8.83. The van der Waals surface area contributed by atoms with Crippen molar-refractivity contribution < 1.29 is 27.4 Å². The Morgan fingerprint density at radius 3 is 2.10 bits per heavy atom. The number of rotatable bonds is 10. The predicted octanol–water partition coefficient (Wildman–Crippen LogP) is 7.64. The van der Waals surface area contributed by atoms with E-state index in [4.69, 9.17) is 14.5 Å². The summed E-state index contributed by atoms with van der Waals surface area (Å²) >= 11 is 1.38. The molecule has 7 nitrogen and oxygen atoms in total. The summed E-state index contributed by atoms with van der Waals surface area (Å²) in [5, 5.41) is 2.49. The molecular weight excluding hydrogens is 650 g/mol. The SMILES string of the molecule is O=C(c1csc(CN(Cc2cccc(C(F)(F)F)c2)Cc2ccc3c(c2)OCO3)n1)N1CCN(C(c2ccccc2)c2ccccc2)CC1. The van der Waals surface area contributed by atoms with Crippen molar-refractivity contribution in [2.45, 2.75) is 31.9 Å². The maximum Gasteiger partial charge on any atom is 0.416 e. The van der Waals surface area contributed by atoms with Gasteiger partial charge in [0.15, 0.2) is 11.5 Å². The third-order valence-corrected chi connectivity index (χ3v) is 9.66. The maximum atomic E-state index is 13.6. The van der Waals surface area contributed by atoms with Gasteiger partial charge in [-0.15, -0.1) is 11.3 Å². The van der Waals surface area contributed by atoms with Crippen molar-refractivity contribution in [2.75, 3.05) is 33.0 Å². The molecular formula is C38H35F3N4O3S. The molecule has 1 amide bonds. The van der Waals surface area contributed by atoms with E-state index < -0.39 is 11.7 Å². The molecule has 1 aromatic heterocycles. The van der Waals surface area contributed by atoms with Crippen LogP contribution in [0, 0.1) is 0 Å². The number of halogens is 3. The number of hydrogen-bond acceptors (Lipinski definition) is 7. The molecule has 11 heteroatoms. The van der Waals surface area contributed by atoms with Crippen molar-refractivity contribution in [2.24, 2.45) is 0 Å². The van der Waals surface area contributed by atoms with E-state index in [1.54, 1.807) is 11.4 Å². The maximum absolute atomic E-state index is 13.6. The van der Waals surface area contributed by atoms with Crippen molar-refractivity contribution in [1.29, 1.82) is 0 Å².